The van der Waals surface area contributed by atoms with Gasteiger partial charge in [-0.15, -0.1) is 11.3 Å². The molecule has 12 nitrogen and oxygen atoms in total. The molecule has 4 bridgehead atoms. The molecule has 3 aromatic heterocycles. The maximum atomic E-state index is 13.3. The van der Waals surface area contributed by atoms with E-state index in [9.17, 15) is 14.4 Å². The van der Waals surface area contributed by atoms with Gasteiger partial charge >= 0.3 is 0 Å². The summed E-state index contributed by atoms with van der Waals surface area (Å²) in [7, 11) is 3.87. The molecule has 0 spiro atoms. The third kappa shape index (κ3) is 7.34. The molecule has 1 fully saturated rings. The third-order valence-corrected chi connectivity index (χ3v) is 8.11. The van der Waals surface area contributed by atoms with Crippen molar-refractivity contribution in [3.63, 3.8) is 0 Å². The Labute approximate surface area is 243 Å². The number of nitrogens with zero attached hydrogens (tertiary/aromatic N) is 6. The smallest absolute Gasteiger partial charge is 0.275 e. The van der Waals surface area contributed by atoms with Crippen molar-refractivity contribution in [3.8, 4) is 10.6 Å². The minimum Gasteiger partial charge on any atom is -0.381 e. The molecule has 0 aliphatic carbocycles. The molecule has 0 saturated carbocycles. The Kier molecular flexibility index (Phi) is 9.37. The van der Waals surface area contributed by atoms with E-state index in [0.717, 1.165) is 30.5 Å². The summed E-state index contributed by atoms with van der Waals surface area (Å²) >= 11 is 1.37. The first-order valence-corrected chi connectivity index (χ1v) is 14.8. The lowest BCUT2D eigenvalue weighted by atomic mass is 10.1. The Morgan fingerprint density at radius 3 is 2.83 bits per heavy atom. The molecular weight excluding hydrogens is 544 g/mol. The number of pyridine rings is 1. The summed E-state index contributed by atoms with van der Waals surface area (Å²) in [6, 6.07) is 3.93. The van der Waals surface area contributed by atoms with Crippen LogP contribution in [-0.2, 0) is 16.0 Å². The van der Waals surface area contributed by atoms with Crippen LogP contribution in [0.15, 0.2) is 29.9 Å². The van der Waals surface area contributed by atoms with Gasteiger partial charge in [0.2, 0.25) is 5.91 Å². The highest BCUT2D eigenvalue weighted by atomic mass is 32.1. The van der Waals surface area contributed by atoms with E-state index in [-0.39, 0.29) is 29.9 Å². The van der Waals surface area contributed by atoms with E-state index in [0.29, 0.717) is 56.4 Å². The van der Waals surface area contributed by atoms with Crippen LogP contribution >= 0.6 is 11.3 Å². The first-order valence-electron chi connectivity index (χ1n) is 14.0. The number of fused-ring (bicyclic) bond motifs is 6. The van der Waals surface area contributed by atoms with Crippen LogP contribution in [0.4, 0.5) is 5.69 Å². The highest BCUT2D eigenvalue weighted by Crippen LogP contribution is 2.27. The Morgan fingerprint density at radius 2 is 2.02 bits per heavy atom. The van der Waals surface area contributed by atoms with Gasteiger partial charge in [-0.3, -0.25) is 24.0 Å². The van der Waals surface area contributed by atoms with Crippen molar-refractivity contribution >= 4 is 34.7 Å². The summed E-state index contributed by atoms with van der Waals surface area (Å²) in [5.74, 6) is -0.789. The third-order valence-electron chi connectivity index (χ3n) is 7.21. The first-order chi connectivity index (χ1) is 19.9. The number of carbonyl (C=O) groups excluding carboxylic acids is 3. The zero-order valence-corrected chi connectivity index (χ0v) is 24.3. The molecule has 13 heteroatoms. The summed E-state index contributed by atoms with van der Waals surface area (Å²) in [6.07, 6.45) is 6.80. The monoisotopic (exact) mass is 580 g/mol. The standard InChI is InChI=1S/C28H36N8O4S/c1-34(2)12-6-24(37)35-11-3-4-20-16-19(5-9-29-20)28-32-23(18-41-28)26(38)31-22-17-36(21-7-14-40-15-8-21)33-25(22)27(39)30-10-13-35/h5,9,16-18,21H,3-4,6-8,10-15H2,1-2H3,(H,30,39)(H,31,38). The predicted molar refractivity (Wildman–Crippen MR) is 155 cm³/mol. The van der Waals surface area contributed by atoms with Gasteiger partial charge in [-0.1, -0.05) is 0 Å². The second-order valence-electron chi connectivity index (χ2n) is 10.5. The van der Waals surface area contributed by atoms with E-state index in [4.69, 9.17) is 4.74 Å². The zero-order valence-electron chi connectivity index (χ0n) is 23.5. The molecule has 218 valence electrons. The molecule has 0 atom stereocenters. The van der Waals surface area contributed by atoms with Crippen molar-refractivity contribution in [2.75, 3.05) is 58.8 Å². The molecule has 2 aliphatic heterocycles. The Morgan fingerprint density at radius 1 is 1.20 bits per heavy atom. The van der Waals surface area contributed by atoms with Crippen molar-refractivity contribution in [1.82, 2.24) is 34.9 Å². The lowest BCUT2D eigenvalue weighted by Gasteiger charge is -2.24. The van der Waals surface area contributed by atoms with Crippen LogP contribution in [0.3, 0.4) is 0 Å². The van der Waals surface area contributed by atoms with Gasteiger partial charge in [0.15, 0.2) is 5.69 Å². The second-order valence-corrected chi connectivity index (χ2v) is 11.4. The average molecular weight is 581 g/mol. The summed E-state index contributed by atoms with van der Waals surface area (Å²) < 4.78 is 7.23. The Bertz CT molecular complexity index is 1380. The van der Waals surface area contributed by atoms with Gasteiger partial charge in [0, 0.05) is 74.8 Å². The molecule has 0 aromatic carbocycles. The lowest BCUT2D eigenvalue weighted by Crippen LogP contribution is -2.40. The van der Waals surface area contributed by atoms with Gasteiger partial charge < -0.3 is 25.2 Å². The fourth-order valence-corrected chi connectivity index (χ4v) is 5.71. The molecule has 2 N–H and O–H groups in total. The molecule has 0 radical (unpaired) electrons. The number of aromatic nitrogens is 4. The highest BCUT2D eigenvalue weighted by molar-refractivity contribution is 7.13. The minimum atomic E-state index is -0.416. The van der Waals surface area contributed by atoms with Gasteiger partial charge in [-0.05, 0) is 51.9 Å². The average Bonchev–Trinajstić information content (AvgIpc) is 3.63. The Balaban J connectivity index is 1.44. The molecule has 3 aromatic rings. The summed E-state index contributed by atoms with van der Waals surface area (Å²) in [5, 5.41) is 12.8. The fraction of sp³-hybridized carbons (Fsp3) is 0.500. The van der Waals surface area contributed by atoms with E-state index in [1.807, 2.05) is 31.1 Å². The number of ether oxygens (including phenoxy) is 1. The van der Waals surface area contributed by atoms with Crippen LogP contribution in [0.25, 0.3) is 10.6 Å². The summed E-state index contributed by atoms with van der Waals surface area (Å²) in [4.78, 5) is 52.5. The molecule has 3 amide bonds. The topological polar surface area (TPSA) is 135 Å². The first kappa shape index (κ1) is 28.8. The fourth-order valence-electron chi connectivity index (χ4n) is 4.91. The highest BCUT2D eigenvalue weighted by Gasteiger charge is 2.25. The van der Waals surface area contributed by atoms with Crippen LogP contribution in [0.5, 0.6) is 0 Å². The predicted octanol–water partition coefficient (Wildman–Crippen LogP) is 2.46. The number of aryl methyl sites for hydroxylation is 1. The normalized spacial score (nSPS) is 17.4. The second kappa shape index (κ2) is 13.3. The maximum absolute atomic E-state index is 13.3. The molecule has 41 heavy (non-hydrogen) atoms. The van der Waals surface area contributed by atoms with E-state index < -0.39 is 11.8 Å². The van der Waals surface area contributed by atoms with Crippen LogP contribution in [0.2, 0.25) is 0 Å². The van der Waals surface area contributed by atoms with E-state index in [1.54, 1.807) is 27.4 Å². The molecule has 1 saturated heterocycles. The number of carbonyl (C=O) groups is 3. The van der Waals surface area contributed by atoms with Gasteiger partial charge in [-0.2, -0.15) is 5.10 Å². The van der Waals surface area contributed by atoms with E-state index in [1.165, 1.54) is 11.3 Å². The summed E-state index contributed by atoms with van der Waals surface area (Å²) in [6.45, 7) is 3.05. The number of nitrogens with one attached hydrogen (secondary N) is 2. The van der Waals surface area contributed by atoms with E-state index in [2.05, 4.69) is 25.7 Å². The molecular formula is C28H36N8O4S. The van der Waals surface area contributed by atoms with Gasteiger partial charge in [0.1, 0.15) is 10.7 Å². The van der Waals surface area contributed by atoms with Gasteiger partial charge in [0.05, 0.1) is 11.7 Å². The van der Waals surface area contributed by atoms with Crippen LogP contribution in [0.1, 0.15) is 58.4 Å². The minimum absolute atomic E-state index is 0.0381. The SMILES string of the molecule is CN(C)CCC(=O)N1CCCc2cc(ccn2)-c2nc(cs2)C(=O)Nc2cn(C3CCOCC3)nc2C(=O)NCC1. The number of amides is 3. The maximum Gasteiger partial charge on any atom is 0.275 e. The Hall–Kier alpha value is -3.68. The van der Waals surface area contributed by atoms with Gasteiger partial charge in [0.25, 0.3) is 11.8 Å². The van der Waals surface area contributed by atoms with Crippen molar-refractivity contribution in [2.24, 2.45) is 0 Å². The van der Waals surface area contributed by atoms with Crippen molar-refractivity contribution in [3.05, 3.63) is 47.0 Å². The largest absolute Gasteiger partial charge is 0.381 e. The number of anilines is 1. The number of thiazole rings is 1. The lowest BCUT2D eigenvalue weighted by molar-refractivity contribution is -0.131. The number of rotatable bonds is 4. The van der Waals surface area contributed by atoms with Gasteiger partial charge in [-0.25, -0.2) is 4.98 Å². The van der Waals surface area contributed by atoms with Crippen molar-refractivity contribution in [2.45, 2.75) is 38.1 Å². The molecule has 5 heterocycles. The quantitative estimate of drug-likeness (QED) is 0.481. The van der Waals surface area contributed by atoms with Crippen LogP contribution in [0, 0.1) is 0 Å². The molecule has 2 aliphatic rings. The van der Waals surface area contributed by atoms with Crippen LogP contribution < -0.4 is 10.6 Å². The zero-order chi connectivity index (χ0) is 28.8. The van der Waals surface area contributed by atoms with Crippen LogP contribution in [-0.4, -0.2) is 101 Å². The number of hydrogen-bond donors (Lipinski definition) is 2. The van der Waals surface area contributed by atoms with Crippen molar-refractivity contribution in [1.29, 1.82) is 0 Å². The van der Waals surface area contributed by atoms with Crippen molar-refractivity contribution < 1.29 is 19.1 Å². The van der Waals surface area contributed by atoms with E-state index >= 15 is 0 Å². The molecule has 0 unspecified atom stereocenters. The summed E-state index contributed by atoms with van der Waals surface area (Å²) in [5.41, 5.74) is 2.49. The number of hydrogen-bond acceptors (Lipinski definition) is 9. The molecule has 5 rings (SSSR count).